The Bertz CT molecular complexity index is 808. The van der Waals surface area contributed by atoms with Crippen molar-refractivity contribution in [2.75, 3.05) is 27.3 Å². The molecule has 1 aliphatic rings. The van der Waals surface area contributed by atoms with Gasteiger partial charge in [-0.3, -0.25) is 4.79 Å². The lowest BCUT2D eigenvalue weighted by Crippen LogP contribution is -2.34. The molecule has 0 saturated carbocycles. The van der Waals surface area contributed by atoms with Gasteiger partial charge in [-0.25, -0.2) is 8.42 Å². The number of alkyl halides is 3. The molecule has 1 aromatic rings. The Labute approximate surface area is 148 Å². The van der Waals surface area contributed by atoms with Crippen molar-refractivity contribution in [3.05, 3.63) is 17.7 Å². The van der Waals surface area contributed by atoms with Gasteiger partial charge in [-0.2, -0.15) is 17.5 Å². The zero-order valence-corrected chi connectivity index (χ0v) is 15.0. The summed E-state index contributed by atoms with van der Waals surface area (Å²) in [6.45, 7) is -0.243. The molecule has 1 fully saturated rings. The maximum absolute atomic E-state index is 13.1. The molecular weight excluding hydrogens is 379 g/mol. The fraction of sp³-hybridized carbons (Fsp3) is 0.533. The third kappa shape index (κ3) is 3.58. The standard InChI is InChI=1S/C15H18F3NO6S/c1-8-4-11(24-2)12(25-3)5-13(8)26(22,23)19-6-9(14(20)21)10(7-19)15(16,17)18/h4-5,9-10H,6-7H2,1-3H3,(H,20,21)/t9-,10-/m1/s1. The average Bonchev–Trinajstić information content (AvgIpc) is 3.01. The Morgan fingerprint density at radius 1 is 1.19 bits per heavy atom. The topological polar surface area (TPSA) is 93.1 Å². The van der Waals surface area contributed by atoms with Crippen LogP contribution in [0.5, 0.6) is 11.5 Å². The lowest BCUT2D eigenvalue weighted by atomic mass is 9.96. The van der Waals surface area contributed by atoms with Crippen molar-refractivity contribution >= 4 is 16.0 Å². The second-order valence-corrected chi connectivity index (χ2v) is 7.79. The molecule has 0 bridgehead atoms. The Hall–Kier alpha value is -2.01. The van der Waals surface area contributed by atoms with Crippen molar-refractivity contribution in [2.45, 2.75) is 18.0 Å². The molecular formula is C15H18F3NO6S. The number of hydrogen-bond donors (Lipinski definition) is 1. The molecule has 146 valence electrons. The quantitative estimate of drug-likeness (QED) is 0.816. The predicted octanol–water partition coefficient (Wildman–Crippen LogP) is 1.90. The van der Waals surface area contributed by atoms with Crippen molar-refractivity contribution in [3.8, 4) is 11.5 Å². The molecule has 0 amide bonds. The maximum atomic E-state index is 13.1. The van der Waals surface area contributed by atoms with Crippen LogP contribution in [0.15, 0.2) is 17.0 Å². The molecule has 2 atom stereocenters. The monoisotopic (exact) mass is 397 g/mol. The summed E-state index contributed by atoms with van der Waals surface area (Å²) in [6.07, 6.45) is -4.82. The van der Waals surface area contributed by atoms with E-state index in [1.54, 1.807) is 0 Å². The number of aryl methyl sites for hydroxylation is 1. The third-order valence-electron chi connectivity index (χ3n) is 4.32. The Morgan fingerprint density at radius 3 is 2.15 bits per heavy atom. The van der Waals surface area contributed by atoms with Crippen LogP contribution >= 0.6 is 0 Å². The highest BCUT2D eigenvalue weighted by atomic mass is 32.2. The van der Waals surface area contributed by atoms with Gasteiger partial charge in [0.25, 0.3) is 0 Å². The van der Waals surface area contributed by atoms with E-state index in [9.17, 15) is 26.4 Å². The number of nitrogens with zero attached hydrogens (tertiary/aromatic N) is 1. The SMILES string of the molecule is COc1cc(C)c(S(=O)(=O)N2C[C@@H](C(F)(F)F)[C@H](C(=O)O)C2)cc1OC. The first-order chi connectivity index (χ1) is 11.9. The second-order valence-electron chi connectivity index (χ2n) is 5.89. The number of methoxy groups -OCH3 is 2. The van der Waals surface area contributed by atoms with Crippen LogP contribution in [0.3, 0.4) is 0 Å². The lowest BCUT2D eigenvalue weighted by molar-refractivity contribution is -0.187. The van der Waals surface area contributed by atoms with Gasteiger partial charge in [0, 0.05) is 19.2 Å². The van der Waals surface area contributed by atoms with E-state index in [1.807, 2.05) is 0 Å². The zero-order chi connectivity index (χ0) is 19.9. The van der Waals surface area contributed by atoms with Crippen LogP contribution in [0.2, 0.25) is 0 Å². The number of carbonyl (C=O) groups is 1. The van der Waals surface area contributed by atoms with E-state index in [4.69, 9.17) is 14.6 Å². The molecule has 0 unspecified atom stereocenters. The van der Waals surface area contributed by atoms with Gasteiger partial charge < -0.3 is 14.6 Å². The summed E-state index contributed by atoms with van der Waals surface area (Å²) in [5.74, 6) is -5.45. The smallest absolute Gasteiger partial charge is 0.393 e. The van der Waals surface area contributed by atoms with Crippen molar-refractivity contribution in [2.24, 2.45) is 11.8 Å². The van der Waals surface area contributed by atoms with Crippen LogP contribution in [-0.2, 0) is 14.8 Å². The molecule has 1 heterocycles. The van der Waals surface area contributed by atoms with Crippen molar-refractivity contribution in [1.29, 1.82) is 0 Å². The Morgan fingerprint density at radius 2 is 1.73 bits per heavy atom. The highest BCUT2D eigenvalue weighted by Gasteiger charge is 2.55. The van der Waals surface area contributed by atoms with Crippen LogP contribution in [0.4, 0.5) is 13.2 Å². The van der Waals surface area contributed by atoms with Crippen molar-refractivity contribution in [3.63, 3.8) is 0 Å². The predicted molar refractivity (Wildman–Crippen MR) is 83.7 cm³/mol. The summed E-state index contributed by atoms with van der Waals surface area (Å²) in [7, 11) is -1.70. The minimum atomic E-state index is -4.82. The zero-order valence-electron chi connectivity index (χ0n) is 14.2. The summed E-state index contributed by atoms with van der Waals surface area (Å²) in [6, 6.07) is 2.54. The molecule has 1 aromatic carbocycles. The van der Waals surface area contributed by atoms with E-state index >= 15 is 0 Å². The van der Waals surface area contributed by atoms with Gasteiger partial charge in [-0.05, 0) is 18.6 Å². The van der Waals surface area contributed by atoms with E-state index in [-0.39, 0.29) is 22.0 Å². The molecule has 26 heavy (non-hydrogen) atoms. The molecule has 0 aliphatic carbocycles. The van der Waals surface area contributed by atoms with Gasteiger partial charge in [-0.1, -0.05) is 0 Å². The number of ether oxygens (including phenoxy) is 2. The van der Waals surface area contributed by atoms with Gasteiger partial charge in [0.05, 0.1) is 31.0 Å². The van der Waals surface area contributed by atoms with Crippen LogP contribution in [0.25, 0.3) is 0 Å². The number of halogens is 3. The molecule has 0 radical (unpaired) electrons. The molecule has 1 saturated heterocycles. The number of carboxylic acids is 1. The molecule has 1 aliphatic heterocycles. The number of aliphatic carboxylic acids is 1. The summed E-state index contributed by atoms with van der Waals surface area (Å²) in [5.41, 5.74) is 0.241. The summed E-state index contributed by atoms with van der Waals surface area (Å²) < 4.78 is 75.7. The molecule has 1 N–H and O–H groups in total. The van der Waals surface area contributed by atoms with Crippen LogP contribution in [0, 0.1) is 18.8 Å². The maximum Gasteiger partial charge on any atom is 0.393 e. The first-order valence-corrected chi connectivity index (χ1v) is 8.89. The number of carboxylic acid groups (broad SMARTS) is 1. The molecule has 0 aromatic heterocycles. The normalized spacial score (nSPS) is 21.6. The van der Waals surface area contributed by atoms with E-state index < -0.39 is 47.1 Å². The van der Waals surface area contributed by atoms with E-state index in [0.717, 1.165) is 6.07 Å². The van der Waals surface area contributed by atoms with Gasteiger partial charge in [0.2, 0.25) is 10.0 Å². The lowest BCUT2D eigenvalue weighted by Gasteiger charge is -2.20. The Kier molecular flexibility index (Phi) is 5.43. The first-order valence-electron chi connectivity index (χ1n) is 7.45. The van der Waals surface area contributed by atoms with Gasteiger partial charge >= 0.3 is 12.1 Å². The van der Waals surface area contributed by atoms with Crippen LogP contribution in [-0.4, -0.2) is 57.3 Å². The average molecular weight is 397 g/mol. The van der Waals surface area contributed by atoms with Crippen LogP contribution in [0.1, 0.15) is 5.56 Å². The van der Waals surface area contributed by atoms with E-state index in [0.29, 0.717) is 4.31 Å². The summed E-state index contributed by atoms with van der Waals surface area (Å²) in [4.78, 5) is 10.9. The van der Waals surface area contributed by atoms with E-state index in [1.165, 1.54) is 27.2 Å². The summed E-state index contributed by atoms with van der Waals surface area (Å²) >= 11 is 0. The minimum Gasteiger partial charge on any atom is -0.493 e. The van der Waals surface area contributed by atoms with Crippen molar-refractivity contribution < 1.29 is 41.0 Å². The number of hydrogen-bond acceptors (Lipinski definition) is 5. The van der Waals surface area contributed by atoms with E-state index in [2.05, 4.69) is 0 Å². The molecule has 7 nitrogen and oxygen atoms in total. The van der Waals surface area contributed by atoms with Gasteiger partial charge in [-0.15, -0.1) is 0 Å². The molecule has 2 rings (SSSR count). The second kappa shape index (κ2) is 6.95. The fourth-order valence-electron chi connectivity index (χ4n) is 2.92. The Balaban J connectivity index is 2.47. The highest BCUT2D eigenvalue weighted by Crippen LogP contribution is 2.41. The summed E-state index contributed by atoms with van der Waals surface area (Å²) in [5, 5.41) is 9.05. The number of rotatable bonds is 5. The number of sulfonamides is 1. The highest BCUT2D eigenvalue weighted by molar-refractivity contribution is 7.89. The largest absolute Gasteiger partial charge is 0.493 e. The number of benzene rings is 1. The van der Waals surface area contributed by atoms with Gasteiger partial charge in [0.1, 0.15) is 0 Å². The van der Waals surface area contributed by atoms with Gasteiger partial charge in [0.15, 0.2) is 11.5 Å². The first kappa shape index (κ1) is 20.3. The van der Waals surface area contributed by atoms with Crippen molar-refractivity contribution in [1.82, 2.24) is 4.31 Å². The molecule has 0 spiro atoms. The third-order valence-corrected chi connectivity index (χ3v) is 6.30. The molecule has 11 heteroatoms. The minimum absolute atomic E-state index is 0.0954. The van der Waals surface area contributed by atoms with Crippen LogP contribution < -0.4 is 9.47 Å². The fourth-order valence-corrected chi connectivity index (χ4v) is 4.64.